The number of benzene rings is 2. The average Bonchev–Trinajstić information content (AvgIpc) is 3.09. The van der Waals surface area contributed by atoms with E-state index in [1.165, 1.54) is 24.3 Å². The van der Waals surface area contributed by atoms with Crippen molar-refractivity contribution in [3.8, 4) is 0 Å². The van der Waals surface area contributed by atoms with Crippen LogP contribution >= 0.6 is 34.8 Å². The van der Waals surface area contributed by atoms with Gasteiger partial charge in [0.25, 0.3) is 17.7 Å². The van der Waals surface area contributed by atoms with E-state index in [-0.39, 0.29) is 28.5 Å². The molecule has 0 unspecified atom stereocenters. The van der Waals surface area contributed by atoms with Gasteiger partial charge in [0.1, 0.15) is 6.04 Å². The molecule has 2 aliphatic rings. The molecule has 1 aliphatic heterocycles. The summed E-state index contributed by atoms with van der Waals surface area (Å²) in [6.07, 6.45) is 4.51. The number of rotatable bonds is 7. The minimum atomic E-state index is -1.21. The predicted molar refractivity (Wildman–Crippen MR) is 130 cm³/mol. The van der Waals surface area contributed by atoms with Gasteiger partial charge in [-0.3, -0.25) is 19.2 Å². The van der Waals surface area contributed by atoms with Crippen LogP contribution in [0.2, 0.25) is 10.0 Å². The van der Waals surface area contributed by atoms with E-state index in [2.05, 4.69) is 0 Å². The number of amides is 3. The van der Waals surface area contributed by atoms with Crippen molar-refractivity contribution in [2.45, 2.75) is 25.3 Å². The number of imide groups is 1. The summed E-state index contributed by atoms with van der Waals surface area (Å²) < 4.78 is 0. The fraction of sp³-hybridized carbons (Fsp3) is 0.280. The Morgan fingerprint density at radius 1 is 0.941 bits per heavy atom. The number of ketones is 1. The lowest BCUT2D eigenvalue weighted by molar-refractivity contribution is -0.156. The van der Waals surface area contributed by atoms with Gasteiger partial charge in [-0.05, 0) is 55.7 Å². The first kappa shape index (κ1) is 24.5. The van der Waals surface area contributed by atoms with E-state index in [1.807, 2.05) is 12.2 Å². The highest BCUT2D eigenvalue weighted by Gasteiger charge is 2.53. The maximum Gasteiger partial charge on any atom is 0.275 e. The highest BCUT2D eigenvalue weighted by molar-refractivity contribution is 6.34. The van der Waals surface area contributed by atoms with Crippen molar-refractivity contribution >= 4 is 58.3 Å². The highest BCUT2D eigenvalue weighted by Crippen LogP contribution is 2.37. The first-order chi connectivity index (χ1) is 16.3. The van der Waals surface area contributed by atoms with Crippen LogP contribution in [0.15, 0.2) is 60.7 Å². The molecule has 1 aliphatic carbocycles. The topological polar surface area (TPSA) is 74.8 Å². The van der Waals surface area contributed by atoms with Gasteiger partial charge in [-0.1, -0.05) is 47.5 Å². The number of nitrogens with zero attached hydrogens (tertiary/aromatic N) is 2. The van der Waals surface area contributed by atoms with Crippen LogP contribution in [0.3, 0.4) is 0 Å². The molecule has 3 atom stereocenters. The molecule has 2 aromatic carbocycles. The molecule has 2 aromatic rings. The number of hydrogen-bond acceptors (Lipinski definition) is 4. The second kappa shape index (κ2) is 10.3. The van der Waals surface area contributed by atoms with E-state index < -0.39 is 41.4 Å². The maximum absolute atomic E-state index is 13.8. The molecule has 0 spiro atoms. The van der Waals surface area contributed by atoms with Gasteiger partial charge in [-0.25, -0.2) is 5.01 Å². The standard InChI is InChI=1S/C25H21Cl3N2O4/c26-14-13-21(22(31)15-9-11-16(27)12-10-15)29(25(34)19-7-3-4-8-20(19)28)30-23(32)17-5-1-2-6-18(17)24(30)33/h1-4,7-12,17-18,21H,5-6,13-14H2/t17-,18+,21-/m0/s1. The monoisotopic (exact) mass is 518 g/mol. The zero-order chi connectivity index (χ0) is 24.4. The Kier molecular flexibility index (Phi) is 7.41. The lowest BCUT2D eigenvalue weighted by Gasteiger charge is -2.36. The summed E-state index contributed by atoms with van der Waals surface area (Å²) in [6.45, 7) is 0. The van der Waals surface area contributed by atoms with Crippen LogP contribution in [0.25, 0.3) is 0 Å². The van der Waals surface area contributed by atoms with Gasteiger partial charge in [0.2, 0.25) is 0 Å². The Bertz CT molecular complexity index is 1140. The number of carbonyl (C=O) groups excluding carboxylic acids is 4. The molecule has 9 heteroatoms. The summed E-state index contributed by atoms with van der Waals surface area (Å²) in [5.41, 5.74) is 0.343. The quantitative estimate of drug-likeness (QED) is 0.219. The lowest BCUT2D eigenvalue weighted by atomic mass is 9.85. The first-order valence-corrected chi connectivity index (χ1v) is 12.1. The fourth-order valence-corrected chi connectivity index (χ4v) is 4.95. The van der Waals surface area contributed by atoms with Crippen LogP contribution in [-0.4, -0.2) is 45.4 Å². The Hall–Kier alpha value is -2.67. The molecular formula is C25H21Cl3N2O4. The molecular weight excluding hydrogens is 499 g/mol. The molecule has 1 fully saturated rings. The zero-order valence-electron chi connectivity index (χ0n) is 18.0. The first-order valence-electron chi connectivity index (χ1n) is 10.8. The number of fused-ring (bicyclic) bond motifs is 1. The summed E-state index contributed by atoms with van der Waals surface area (Å²) in [4.78, 5) is 54.2. The fourth-order valence-electron chi connectivity index (χ4n) is 4.40. The van der Waals surface area contributed by atoms with Crippen LogP contribution in [0.5, 0.6) is 0 Å². The Morgan fingerprint density at radius 2 is 1.53 bits per heavy atom. The van der Waals surface area contributed by atoms with Gasteiger partial charge >= 0.3 is 0 Å². The minimum Gasteiger partial charge on any atom is -0.292 e. The summed E-state index contributed by atoms with van der Waals surface area (Å²) in [6, 6.07) is 11.3. The van der Waals surface area contributed by atoms with Gasteiger partial charge in [0.05, 0.1) is 22.4 Å². The smallest absolute Gasteiger partial charge is 0.275 e. The number of hydrazine groups is 1. The largest absolute Gasteiger partial charge is 0.292 e. The summed E-state index contributed by atoms with van der Waals surface area (Å²) in [7, 11) is 0. The second-order valence-electron chi connectivity index (χ2n) is 8.14. The van der Waals surface area contributed by atoms with Gasteiger partial charge in [-0.2, -0.15) is 5.01 Å². The summed E-state index contributed by atoms with van der Waals surface area (Å²) in [5, 5.41) is 2.39. The normalized spacial score (nSPS) is 20.3. The Morgan fingerprint density at radius 3 is 2.09 bits per heavy atom. The third-order valence-electron chi connectivity index (χ3n) is 6.12. The van der Waals surface area contributed by atoms with Crippen molar-refractivity contribution in [2.24, 2.45) is 11.8 Å². The van der Waals surface area contributed by atoms with Crippen molar-refractivity contribution < 1.29 is 19.2 Å². The molecule has 176 valence electrons. The number of Topliss-reactive ketones (excluding diaryl/α,β-unsaturated/α-hetero) is 1. The van der Waals surface area contributed by atoms with Gasteiger partial charge in [0, 0.05) is 16.5 Å². The third-order valence-corrected chi connectivity index (χ3v) is 6.92. The third kappa shape index (κ3) is 4.50. The van der Waals surface area contributed by atoms with Gasteiger partial charge in [-0.15, -0.1) is 11.6 Å². The van der Waals surface area contributed by atoms with E-state index >= 15 is 0 Å². The zero-order valence-corrected chi connectivity index (χ0v) is 20.3. The molecule has 4 rings (SSSR count). The van der Waals surface area contributed by atoms with Crippen LogP contribution < -0.4 is 0 Å². The number of hydrogen-bond donors (Lipinski definition) is 0. The SMILES string of the molecule is O=C(c1ccc(Cl)cc1)[C@H](CCCl)N(C(=O)c1ccccc1Cl)N1C(=O)[C@H]2CC=CC[C@H]2C1=O. The van der Waals surface area contributed by atoms with Gasteiger partial charge in [0.15, 0.2) is 5.78 Å². The van der Waals surface area contributed by atoms with Crippen LogP contribution in [-0.2, 0) is 9.59 Å². The Balaban J connectivity index is 1.82. The van der Waals surface area contributed by atoms with Crippen molar-refractivity contribution in [1.82, 2.24) is 10.0 Å². The summed E-state index contributed by atoms with van der Waals surface area (Å²) >= 11 is 18.3. The average molecular weight is 520 g/mol. The lowest BCUT2D eigenvalue weighted by Crippen LogP contribution is -2.57. The molecule has 3 amide bonds. The predicted octanol–water partition coefficient (Wildman–Crippen LogP) is 5.18. The molecule has 0 N–H and O–H groups in total. The van der Waals surface area contributed by atoms with Crippen molar-refractivity contribution in [2.75, 3.05) is 5.88 Å². The molecule has 0 aromatic heterocycles. The van der Waals surface area contributed by atoms with Crippen LogP contribution in [0.1, 0.15) is 40.0 Å². The van der Waals surface area contributed by atoms with E-state index in [0.29, 0.717) is 17.9 Å². The van der Waals surface area contributed by atoms with E-state index in [1.54, 1.807) is 24.3 Å². The Labute approximate surface area is 212 Å². The summed E-state index contributed by atoms with van der Waals surface area (Å²) in [5.74, 6) is -3.36. The number of carbonyl (C=O) groups is 4. The van der Waals surface area contributed by atoms with Crippen molar-refractivity contribution in [1.29, 1.82) is 0 Å². The van der Waals surface area contributed by atoms with Crippen LogP contribution in [0.4, 0.5) is 0 Å². The van der Waals surface area contributed by atoms with E-state index in [9.17, 15) is 19.2 Å². The molecule has 0 radical (unpaired) electrons. The van der Waals surface area contributed by atoms with Crippen LogP contribution in [0, 0.1) is 11.8 Å². The minimum absolute atomic E-state index is 0.0148. The molecule has 34 heavy (non-hydrogen) atoms. The number of halogens is 3. The molecule has 1 heterocycles. The molecule has 0 saturated carbocycles. The highest BCUT2D eigenvalue weighted by atomic mass is 35.5. The van der Waals surface area contributed by atoms with Gasteiger partial charge < -0.3 is 0 Å². The molecule has 1 saturated heterocycles. The molecule has 0 bridgehead atoms. The maximum atomic E-state index is 13.8. The second-order valence-corrected chi connectivity index (χ2v) is 9.36. The van der Waals surface area contributed by atoms with E-state index in [4.69, 9.17) is 34.8 Å². The number of alkyl halides is 1. The molecule has 6 nitrogen and oxygen atoms in total. The number of allylic oxidation sites excluding steroid dienone is 2. The van der Waals surface area contributed by atoms with Crippen molar-refractivity contribution in [3.05, 3.63) is 81.9 Å². The van der Waals surface area contributed by atoms with Crippen molar-refractivity contribution in [3.63, 3.8) is 0 Å². The van der Waals surface area contributed by atoms with E-state index in [0.717, 1.165) is 10.0 Å².